The molecule has 0 fully saturated rings. The van der Waals surface area contributed by atoms with Crippen LogP contribution in [0.1, 0.15) is 11.3 Å². The highest BCUT2D eigenvalue weighted by molar-refractivity contribution is 5.67. The molecule has 0 bridgehead atoms. The molecular formula is C15H16INO. The van der Waals surface area contributed by atoms with E-state index in [0.717, 1.165) is 17.0 Å². The number of pyridine rings is 1. The van der Waals surface area contributed by atoms with E-state index in [1.807, 2.05) is 43.6 Å². The zero-order valence-corrected chi connectivity index (χ0v) is 12.7. The van der Waals surface area contributed by atoms with Crippen molar-refractivity contribution >= 4 is 12.2 Å². The van der Waals surface area contributed by atoms with Crippen molar-refractivity contribution in [3.8, 4) is 5.75 Å². The third-order valence-electron chi connectivity index (χ3n) is 2.64. The number of aromatic nitrogens is 1. The van der Waals surface area contributed by atoms with Gasteiger partial charge in [-0.05, 0) is 29.8 Å². The van der Waals surface area contributed by atoms with Crippen LogP contribution in [0, 0.1) is 0 Å². The number of hydrogen-bond donors (Lipinski definition) is 0. The van der Waals surface area contributed by atoms with Crippen LogP contribution in [0.5, 0.6) is 5.75 Å². The monoisotopic (exact) mass is 353 g/mol. The fourth-order valence-electron chi connectivity index (χ4n) is 1.64. The largest absolute Gasteiger partial charge is 1.00 e. The number of methoxy groups -OCH3 is 1. The van der Waals surface area contributed by atoms with Crippen molar-refractivity contribution in [1.29, 1.82) is 0 Å². The summed E-state index contributed by atoms with van der Waals surface area (Å²) in [7, 11) is 3.71. The molecule has 1 aromatic carbocycles. The first-order chi connectivity index (χ1) is 8.29. The summed E-state index contributed by atoms with van der Waals surface area (Å²) < 4.78 is 7.27. The second kappa shape index (κ2) is 7.16. The molecule has 0 aliphatic carbocycles. The molecule has 0 amide bonds. The minimum Gasteiger partial charge on any atom is -1.00 e. The summed E-state index contributed by atoms with van der Waals surface area (Å²) in [6.07, 6.45) is 6.21. The number of ether oxygens (including phenoxy) is 1. The predicted octanol–water partition coefficient (Wildman–Crippen LogP) is -0.306. The van der Waals surface area contributed by atoms with Gasteiger partial charge in [-0.25, -0.2) is 4.57 Å². The lowest BCUT2D eigenvalue weighted by atomic mass is 10.2. The lowest BCUT2D eigenvalue weighted by Crippen LogP contribution is -3.00. The number of nitrogens with zero attached hydrogens (tertiary/aromatic N) is 1. The van der Waals surface area contributed by atoms with Crippen LogP contribution in [0.3, 0.4) is 0 Å². The zero-order chi connectivity index (χ0) is 12.1. The Bertz CT molecular complexity index is 538. The smallest absolute Gasteiger partial charge is 0.204 e. The van der Waals surface area contributed by atoms with Gasteiger partial charge in [0, 0.05) is 18.2 Å². The highest BCUT2D eigenvalue weighted by Gasteiger charge is 1.99. The highest BCUT2D eigenvalue weighted by atomic mass is 127. The second-order valence-electron chi connectivity index (χ2n) is 3.85. The molecule has 0 atom stereocenters. The maximum atomic E-state index is 5.19. The molecule has 0 saturated carbocycles. The quantitative estimate of drug-likeness (QED) is 0.545. The first kappa shape index (κ1) is 14.7. The van der Waals surface area contributed by atoms with Crippen LogP contribution >= 0.6 is 0 Å². The molecular weight excluding hydrogens is 337 g/mol. The van der Waals surface area contributed by atoms with E-state index >= 15 is 0 Å². The fourth-order valence-corrected chi connectivity index (χ4v) is 1.64. The van der Waals surface area contributed by atoms with Crippen molar-refractivity contribution < 1.29 is 33.3 Å². The van der Waals surface area contributed by atoms with Crippen LogP contribution in [-0.2, 0) is 7.05 Å². The number of benzene rings is 1. The standard InChI is InChI=1S/C15H16NO.HI/c1-16-11-4-3-7-14(16)10-9-13-6-5-8-15(12-13)17-2;/h3-12H,1-2H3;1H/q+1;/p-1/b10-9+;. The van der Waals surface area contributed by atoms with E-state index in [4.69, 9.17) is 4.74 Å². The Hall–Kier alpha value is -1.36. The van der Waals surface area contributed by atoms with Crippen LogP contribution in [0.4, 0.5) is 0 Å². The van der Waals surface area contributed by atoms with Gasteiger partial charge in [-0.3, -0.25) is 0 Å². The van der Waals surface area contributed by atoms with E-state index in [1.54, 1.807) is 7.11 Å². The third-order valence-corrected chi connectivity index (χ3v) is 2.64. The van der Waals surface area contributed by atoms with Gasteiger partial charge in [0.05, 0.1) is 7.11 Å². The van der Waals surface area contributed by atoms with Crippen molar-refractivity contribution in [3.05, 3.63) is 59.9 Å². The Morgan fingerprint density at radius 1 is 1.06 bits per heavy atom. The predicted molar refractivity (Wildman–Crippen MR) is 69.5 cm³/mol. The van der Waals surface area contributed by atoms with Crippen molar-refractivity contribution in [2.45, 2.75) is 0 Å². The molecule has 0 aliphatic rings. The Morgan fingerprint density at radius 2 is 1.89 bits per heavy atom. The van der Waals surface area contributed by atoms with Gasteiger partial charge >= 0.3 is 0 Å². The molecule has 0 saturated heterocycles. The maximum absolute atomic E-state index is 5.19. The lowest BCUT2D eigenvalue weighted by molar-refractivity contribution is -0.673. The van der Waals surface area contributed by atoms with Crippen molar-refractivity contribution in [2.75, 3.05) is 7.11 Å². The summed E-state index contributed by atoms with van der Waals surface area (Å²) in [5.41, 5.74) is 2.29. The normalized spacial score (nSPS) is 10.1. The SMILES string of the molecule is COc1cccc(/C=C/c2cccc[n+]2C)c1.[I-]. The molecule has 94 valence electrons. The third kappa shape index (κ3) is 3.84. The molecule has 0 unspecified atom stereocenters. The van der Waals surface area contributed by atoms with E-state index in [9.17, 15) is 0 Å². The molecule has 2 aromatic rings. The first-order valence-electron chi connectivity index (χ1n) is 5.56. The molecule has 0 N–H and O–H groups in total. The van der Waals surface area contributed by atoms with Gasteiger partial charge in [-0.2, -0.15) is 0 Å². The summed E-state index contributed by atoms with van der Waals surface area (Å²) in [6, 6.07) is 14.1. The molecule has 2 rings (SSSR count). The van der Waals surface area contributed by atoms with Gasteiger partial charge < -0.3 is 28.7 Å². The average molecular weight is 353 g/mol. The average Bonchev–Trinajstić information content (AvgIpc) is 2.38. The van der Waals surface area contributed by atoms with E-state index in [1.165, 1.54) is 0 Å². The summed E-state index contributed by atoms with van der Waals surface area (Å²) >= 11 is 0. The van der Waals surface area contributed by atoms with Crippen LogP contribution in [0.2, 0.25) is 0 Å². The van der Waals surface area contributed by atoms with Gasteiger partial charge in [0.15, 0.2) is 6.20 Å². The number of aryl methyl sites for hydroxylation is 1. The molecule has 0 aliphatic heterocycles. The number of rotatable bonds is 3. The number of hydrogen-bond acceptors (Lipinski definition) is 1. The summed E-state index contributed by atoms with van der Waals surface area (Å²) in [4.78, 5) is 0. The van der Waals surface area contributed by atoms with Crippen molar-refractivity contribution in [2.24, 2.45) is 7.05 Å². The van der Waals surface area contributed by atoms with E-state index < -0.39 is 0 Å². The van der Waals surface area contributed by atoms with Crippen LogP contribution in [0.15, 0.2) is 48.7 Å². The molecule has 0 spiro atoms. The van der Waals surface area contributed by atoms with Gasteiger partial charge in [0.2, 0.25) is 5.69 Å². The summed E-state index contributed by atoms with van der Waals surface area (Å²) in [5, 5.41) is 0. The van der Waals surface area contributed by atoms with Gasteiger partial charge in [0.25, 0.3) is 0 Å². The van der Waals surface area contributed by atoms with Crippen LogP contribution in [-0.4, -0.2) is 7.11 Å². The maximum Gasteiger partial charge on any atom is 0.204 e. The van der Waals surface area contributed by atoms with Crippen molar-refractivity contribution in [1.82, 2.24) is 0 Å². The highest BCUT2D eigenvalue weighted by Crippen LogP contribution is 2.14. The van der Waals surface area contributed by atoms with Gasteiger partial charge in [-0.1, -0.05) is 12.1 Å². The van der Waals surface area contributed by atoms with Gasteiger partial charge in [-0.15, -0.1) is 0 Å². The summed E-state index contributed by atoms with van der Waals surface area (Å²) in [6.45, 7) is 0. The van der Waals surface area contributed by atoms with Crippen LogP contribution in [0.25, 0.3) is 12.2 Å². The Morgan fingerprint density at radius 3 is 2.61 bits per heavy atom. The lowest BCUT2D eigenvalue weighted by Gasteiger charge is -1.99. The van der Waals surface area contributed by atoms with E-state index in [0.29, 0.717) is 0 Å². The minimum absolute atomic E-state index is 0. The zero-order valence-electron chi connectivity index (χ0n) is 10.5. The van der Waals surface area contributed by atoms with E-state index in [-0.39, 0.29) is 24.0 Å². The minimum atomic E-state index is 0. The first-order valence-corrected chi connectivity index (χ1v) is 5.56. The topological polar surface area (TPSA) is 13.1 Å². The molecule has 3 heteroatoms. The van der Waals surface area contributed by atoms with E-state index in [2.05, 4.69) is 28.9 Å². The molecule has 18 heavy (non-hydrogen) atoms. The molecule has 1 aromatic heterocycles. The van der Waals surface area contributed by atoms with Gasteiger partial charge in [0.1, 0.15) is 12.8 Å². The van der Waals surface area contributed by atoms with Crippen molar-refractivity contribution in [3.63, 3.8) is 0 Å². The second-order valence-corrected chi connectivity index (χ2v) is 3.85. The van der Waals surface area contributed by atoms with Crippen LogP contribution < -0.4 is 33.3 Å². The Balaban J connectivity index is 0.00000162. The summed E-state index contributed by atoms with van der Waals surface area (Å²) in [5.74, 6) is 0.879. The fraction of sp³-hybridized carbons (Fsp3) is 0.133. The Kier molecular flexibility index (Phi) is 5.85. The molecule has 1 heterocycles. The Labute approximate surface area is 125 Å². The number of halogens is 1. The molecule has 2 nitrogen and oxygen atoms in total. The molecule has 0 radical (unpaired) electrons.